The van der Waals surface area contributed by atoms with E-state index in [2.05, 4.69) is 15.4 Å². The number of hydrogen-bond acceptors (Lipinski definition) is 5. The number of rotatable bonds is 7. The first-order chi connectivity index (χ1) is 14.0. The molecule has 0 unspecified atom stereocenters. The third kappa shape index (κ3) is 4.21. The maximum Gasteiger partial charge on any atom is 0.275 e. The molecule has 29 heavy (non-hydrogen) atoms. The lowest BCUT2D eigenvalue weighted by atomic mass is 9.87. The summed E-state index contributed by atoms with van der Waals surface area (Å²) in [6.45, 7) is 6.16. The molecule has 2 aromatic rings. The van der Waals surface area contributed by atoms with Gasteiger partial charge in [-0.25, -0.2) is 4.98 Å². The van der Waals surface area contributed by atoms with E-state index >= 15 is 0 Å². The van der Waals surface area contributed by atoms with Crippen molar-refractivity contribution in [3.05, 3.63) is 35.8 Å². The van der Waals surface area contributed by atoms with E-state index in [-0.39, 0.29) is 17.4 Å². The number of nitrogens with zero attached hydrogens (tertiary/aromatic N) is 4. The van der Waals surface area contributed by atoms with Crippen LogP contribution >= 0.6 is 0 Å². The van der Waals surface area contributed by atoms with Crippen LogP contribution in [0, 0.1) is 5.92 Å². The minimum absolute atomic E-state index is 0.0389. The molecule has 8 heteroatoms. The number of amides is 2. The Labute approximate surface area is 170 Å². The van der Waals surface area contributed by atoms with Crippen molar-refractivity contribution >= 4 is 11.8 Å². The molecule has 1 aliphatic heterocycles. The molecule has 1 saturated carbocycles. The highest BCUT2D eigenvalue weighted by atomic mass is 16.3. The van der Waals surface area contributed by atoms with Gasteiger partial charge in [0.15, 0.2) is 11.6 Å². The summed E-state index contributed by atoms with van der Waals surface area (Å²) in [5, 5.41) is 7.68. The lowest BCUT2D eigenvalue weighted by Crippen LogP contribution is -2.48. The molecule has 4 rings (SSSR count). The predicted octanol–water partition coefficient (Wildman–Crippen LogP) is 2.20. The van der Waals surface area contributed by atoms with Crippen molar-refractivity contribution in [3.8, 4) is 0 Å². The molecule has 156 valence electrons. The van der Waals surface area contributed by atoms with Crippen LogP contribution in [0.5, 0.6) is 0 Å². The Bertz CT molecular complexity index is 875. The highest BCUT2D eigenvalue weighted by molar-refractivity contribution is 5.92. The van der Waals surface area contributed by atoms with Gasteiger partial charge in [-0.15, -0.1) is 0 Å². The molecule has 0 bridgehead atoms. The quantitative estimate of drug-likeness (QED) is 0.770. The van der Waals surface area contributed by atoms with E-state index in [1.807, 2.05) is 35.7 Å². The number of piperidine rings is 1. The van der Waals surface area contributed by atoms with Crippen molar-refractivity contribution < 1.29 is 14.0 Å². The normalized spacial score (nSPS) is 18.6. The zero-order chi connectivity index (χ0) is 20.4. The molecule has 0 radical (unpaired) electrons. The van der Waals surface area contributed by atoms with Crippen molar-refractivity contribution in [1.82, 2.24) is 25.0 Å². The molecule has 8 nitrogen and oxygen atoms in total. The molecule has 2 amide bonds. The monoisotopic (exact) mass is 399 g/mol. The van der Waals surface area contributed by atoms with E-state index in [9.17, 15) is 9.59 Å². The van der Waals surface area contributed by atoms with Crippen LogP contribution in [0.2, 0.25) is 0 Å². The number of carbonyl (C=O) groups excluding carboxylic acids is 2. The van der Waals surface area contributed by atoms with E-state index in [1.165, 1.54) is 6.26 Å². The molecule has 2 aliphatic rings. The molecule has 0 aromatic carbocycles. The number of hydrogen-bond donors (Lipinski definition) is 1. The van der Waals surface area contributed by atoms with E-state index in [0.717, 1.165) is 37.9 Å². The van der Waals surface area contributed by atoms with Crippen LogP contribution in [0.4, 0.5) is 0 Å². The van der Waals surface area contributed by atoms with Crippen molar-refractivity contribution in [2.24, 2.45) is 5.92 Å². The molecular formula is C21H29N5O3. The lowest BCUT2D eigenvalue weighted by molar-refractivity contribution is -0.122. The Morgan fingerprint density at radius 3 is 2.62 bits per heavy atom. The van der Waals surface area contributed by atoms with E-state index in [0.29, 0.717) is 43.4 Å². The summed E-state index contributed by atoms with van der Waals surface area (Å²) in [7, 11) is 0. The van der Waals surface area contributed by atoms with Crippen LogP contribution in [0.15, 0.2) is 22.9 Å². The Kier molecular flexibility index (Phi) is 5.43. The van der Waals surface area contributed by atoms with Gasteiger partial charge in [0.1, 0.15) is 6.26 Å². The van der Waals surface area contributed by atoms with Crippen LogP contribution in [-0.2, 0) is 24.2 Å². The fourth-order valence-electron chi connectivity index (χ4n) is 4.30. The second-order valence-corrected chi connectivity index (χ2v) is 8.09. The topological polar surface area (TPSA) is 93.3 Å². The average molecular weight is 399 g/mol. The summed E-state index contributed by atoms with van der Waals surface area (Å²) < 4.78 is 7.13. The van der Waals surface area contributed by atoms with Crippen LogP contribution in [-0.4, -0.2) is 50.1 Å². The summed E-state index contributed by atoms with van der Waals surface area (Å²) in [4.78, 5) is 31.3. The Morgan fingerprint density at radius 1 is 1.28 bits per heavy atom. The van der Waals surface area contributed by atoms with E-state index in [4.69, 9.17) is 4.42 Å². The number of likely N-dealkylation sites (tertiary alicyclic amines) is 1. The van der Waals surface area contributed by atoms with Gasteiger partial charge in [0.2, 0.25) is 5.91 Å². The van der Waals surface area contributed by atoms with Crippen LogP contribution in [0.3, 0.4) is 0 Å². The predicted molar refractivity (Wildman–Crippen MR) is 106 cm³/mol. The summed E-state index contributed by atoms with van der Waals surface area (Å²) >= 11 is 0. The standard InChI is InChI=1S/C21H29N5O3/c1-3-19-22-17(14-29-19)20(28)25-10-5-15(6-11-25)21(8-9-21)23-18(27)13-16-7-12-26(4-2)24-16/h7,12,14-15H,3-6,8-11,13H2,1-2H3,(H,23,27). The van der Waals surface area contributed by atoms with Gasteiger partial charge in [0.25, 0.3) is 5.91 Å². The number of oxazole rings is 1. The van der Waals surface area contributed by atoms with Crippen molar-refractivity contribution in [2.45, 2.75) is 64.5 Å². The fourth-order valence-corrected chi connectivity index (χ4v) is 4.30. The van der Waals surface area contributed by atoms with Gasteiger partial charge >= 0.3 is 0 Å². The number of carbonyl (C=O) groups is 2. The minimum Gasteiger partial charge on any atom is -0.448 e. The van der Waals surface area contributed by atoms with Gasteiger partial charge in [0, 0.05) is 37.8 Å². The molecule has 1 saturated heterocycles. The molecule has 0 spiro atoms. The molecule has 3 heterocycles. The molecule has 0 atom stereocenters. The smallest absolute Gasteiger partial charge is 0.275 e. The molecule has 2 fully saturated rings. The van der Waals surface area contributed by atoms with Crippen molar-refractivity contribution in [1.29, 1.82) is 0 Å². The zero-order valence-electron chi connectivity index (χ0n) is 17.2. The average Bonchev–Trinajstić information content (AvgIpc) is 3.16. The third-order valence-electron chi connectivity index (χ3n) is 6.18. The fraction of sp³-hybridized carbons (Fsp3) is 0.619. The minimum atomic E-state index is -0.0944. The molecular weight excluding hydrogens is 370 g/mol. The van der Waals surface area contributed by atoms with Gasteiger partial charge in [-0.2, -0.15) is 5.10 Å². The molecule has 1 aliphatic carbocycles. The first kappa shape index (κ1) is 19.7. The van der Waals surface area contributed by atoms with Crippen molar-refractivity contribution in [3.63, 3.8) is 0 Å². The van der Waals surface area contributed by atoms with E-state index in [1.54, 1.807) is 0 Å². The molecule has 1 N–H and O–H groups in total. The second-order valence-electron chi connectivity index (χ2n) is 8.09. The summed E-state index contributed by atoms with van der Waals surface area (Å²) in [6, 6.07) is 1.90. The molecule has 2 aromatic heterocycles. The second kappa shape index (κ2) is 8.00. The van der Waals surface area contributed by atoms with Crippen LogP contribution in [0.25, 0.3) is 0 Å². The van der Waals surface area contributed by atoms with Gasteiger partial charge in [-0.05, 0) is 44.6 Å². The summed E-state index contributed by atoms with van der Waals surface area (Å²) in [6.07, 6.45) is 8.18. The van der Waals surface area contributed by atoms with E-state index < -0.39 is 0 Å². The highest BCUT2D eigenvalue weighted by Gasteiger charge is 2.51. The summed E-state index contributed by atoms with van der Waals surface area (Å²) in [5.74, 6) is 0.975. The maximum absolute atomic E-state index is 12.6. The third-order valence-corrected chi connectivity index (χ3v) is 6.18. The maximum atomic E-state index is 12.6. The van der Waals surface area contributed by atoms with Crippen LogP contribution in [0.1, 0.15) is 61.6 Å². The zero-order valence-corrected chi connectivity index (χ0v) is 17.2. The Hall–Kier alpha value is -2.64. The Balaban J connectivity index is 1.29. The van der Waals surface area contributed by atoms with Crippen LogP contribution < -0.4 is 5.32 Å². The van der Waals surface area contributed by atoms with Gasteiger partial charge in [-0.3, -0.25) is 14.3 Å². The number of aromatic nitrogens is 3. The van der Waals surface area contributed by atoms with Gasteiger partial charge in [0.05, 0.1) is 12.1 Å². The SMILES string of the molecule is CCc1nc(C(=O)N2CCC(C3(NC(=O)Cc4ccn(CC)n4)CC3)CC2)co1. The first-order valence-electron chi connectivity index (χ1n) is 10.6. The van der Waals surface area contributed by atoms with Gasteiger partial charge in [-0.1, -0.05) is 6.92 Å². The number of nitrogens with one attached hydrogen (secondary N) is 1. The number of aryl methyl sites for hydroxylation is 2. The summed E-state index contributed by atoms with van der Waals surface area (Å²) in [5.41, 5.74) is 1.10. The van der Waals surface area contributed by atoms with Gasteiger partial charge < -0.3 is 14.6 Å². The first-order valence-corrected chi connectivity index (χ1v) is 10.6. The highest BCUT2D eigenvalue weighted by Crippen LogP contribution is 2.46. The van der Waals surface area contributed by atoms with Crippen molar-refractivity contribution in [2.75, 3.05) is 13.1 Å². The Morgan fingerprint density at radius 2 is 2.03 bits per heavy atom. The largest absolute Gasteiger partial charge is 0.448 e. The lowest BCUT2D eigenvalue weighted by Gasteiger charge is -2.36.